The summed E-state index contributed by atoms with van der Waals surface area (Å²) >= 11 is 12.0. The van der Waals surface area contributed by atoms with Gasteiger partial charge in [0.1, 0.15) is 0 Å². The molecule has 0 bridgehead atoms. The van der Waals surface area contributed by atoms with Gasteiger partial charge in [-0.3, -0.25) is 4.79 Å². The second-order valence-electron chi connectivity index (χ2n) is 6.82. The van der Waals surface area contributed by atoms with Crippen molar-refractivity contribution < 1.29 is 13.2 Å². The minimum atomic E-state index is -3.56. The lowest BCUT2D eigenvalue weighted by Crippen LogP contribution is -2.38. The molecule has 2 aromatic rings. The van der Waals surface area contributed by atoms with E-state index in [0.29, 0.717) is 16.5 Å². The molecule has 2 rings (SSSR count). The van der Waals surface area contributed by atoms with Gasteiger partial charge in [0.2, 0.25) is 15.9 Å². The standard InChI is InChI=1S/C20H24Cl2N2O3S/c1-14(24-20(25)3-2-12-28(23,26)27)19(16-6-10-18(22)11-7-16)13-15-4-8-17(21)9-5-15/h4-11,14,19H,2-3,12-13H2,1H3,(H,24,25)(H2,23,26,27)/t14-,19+/m1/s1. The number of nitrogens with one attached hydrogen (secondary N) is 1. The number of sulfonamides is 1. The van der Waals surface area contributed by atoms with E-state index in [2.05, 4.69) is 5.32 Å². The molecule has 152 valence electrons. The number of rotatable bonds is 9. The highest BCUT2D eigenvalue weighted by atomic mass is 35.5. The van der Waals surface area contributed by atoms with Gasteiger partial charge in [-0.1, -0.05) is 47.5 Å². The highest BCUT2D eigenvalue weighted by Crippen LogP contribution is 2.27. The number of halogens is 2. The highest BCUT2D eigenvalue weighted by Gasteiger charge is 2.22. The van der Waals surface area contributed by atoms with Crippen LogP contribution in [0.3, 0.4) is 0 Å². The molecule has 0 aliphatic heterocycles. The number of hydrogen-bond donors (Lipinski definition) is 2. The Balaban J connectivity index is 2.09. The maximum atomic E-state index is 12.2. The summed E-state index contributed by atoms with van der Waals surface area (Å²) in [5.74, 6) is -0.396. The molecule has 2 atom stereocenters. The molecule has 8 heteroatoms. The molecule has 0 spiro atoms. The Hall–Kier alpha value is -1.60. The summed E-state index contributed by atoms with van der Waals surface area (Å²) in [4.78, 5) is 12.2. The number of hydrogen-bond acceptors (Lipinski definition) is 3. The first-order valence-electron chi connectivity index (χ1n) is 8.94. The van der Waals surface area contributed by atoms with Gasteiger partial charge in [-0.2, -0.15) is 0 Å². The zero-order valence-corrected chi connectivity index (χ0v) is 17.9. The fraction of sp³-hybridized carbons (Fsp3) is 0.350. The fourth-order valence-corrected chi connectivity index (χ4v) is 3.83. The van der Waals surface area contributed by atoms with Crippen LogP contribution in [0.5, 0.6) is 0 Å². The van der Waals surface area contributed by atoms with Crippen LogP contribution in [0.2, 0.25) is 10.0 Å². The number of amides is 1. The normalized spacial score (nSPS) is 13.7. The third-order valence-corrected chi connectivity index (χ3v) is 5.85. The van der Waals surface area contributed by atoms with Crippen molar-refractivity contribution in [2.75, 3.05) is 5.75 Å². The molecular formula is C20H24Cl2N2O3S. The van der Waals surface area contributed by atoms with Gasteiger partial charge in [-0.25, -0.2) is 13.6 Å². The second kappa shape index (κ2) is 10.3. The average molecular weight is 443 g/mol. The monoisotopic (exact) mass is 442 g/mol. The molecule has 1 amide bonds. The van der Waals surface area contributed by atoms with Gasteiger partial charge in [0, 0.05) is 28.4 Å². The van der Waals surface area contributed by atoms with E-state index in [1.165, 1.54) is 0 Å². The molecule has 0 aliphatic carbocycles. The van der Waals surface area contributed by atoms with Crippen LogP contribution in [0.4, 0.5) is 0 Å². The minimum absolute atomic E-state index is 0.0145. The van der Waals surface area contributed by atoms with Crippen molar-refractivity contribution in [2.45, 2.75) is 38.1 Å². The van der Waals surface area contributed by atoms with Gasteiger partial charge in [0.15, 0.2) is 0 Å². The van der Waals surface area contributed by atoms with E-state index in [-0.39, 0.29) is 36.5 Å². The largest absolute Gasteiger partial charge is 0.353 e. The third-order valence-electron chi connectivity index (χ3n) is 4.49. The first-order chi connectivity index (χ1) is 13.1. The summed E-state index contributed by atoms with van der Waals surface area (Å²) in [6.45, 7) is 1.94. The van der Waals surface area contributed by atoms with Crippen LogP contribution in [0.25, 0.3) is 0 Å². The highest BCUT2D eigenvalue weighted by molar-refractivity contribution is 7.89. The lowest BCUT2D eigenvalue weighted by Gasteiger charge is -2.26. The van der Waals surface area contributed by atoms with E-state index in [1.54, 1.807) is 0 Å². The zero-order valence-electron chi connectivity index (χ0n) is 15.6. The van der Waals surface area contributed by atoms with Crippen molar-refractivity contribution >= 4 is 39.1 Å². The van der Waals surface area contributed by atoms with Crippen molar-refractivity contribution in [1.29, 1.82) is 0 Å². The van der Waals surface area contributed by atoms with Crippen LogP contribution in [-0.4, -0.2) is 26.1 Å². The molecule has 0 unspecified atom stereocenters. The van der Waals surface area contributed by atoms with Gasteiger partial charge >= 0.3 is 0 Å². The predicted molar refractivity (Wildman–Crippen MR) is 114 cm³/mol. The molecule has 28 heavy (non-hydrogen) atoms. The van der Waals surface area contributed by atoms with Crippen molar-refractivity contribution in [1.82, 2.24) is 5.32 Å². The van der Waals surface area contributed by atoms with Crippen molar-refractivity contribution in [3.8, 4) is 0 Å². The summed E-state index contributed by atoms with van der Waals surface area (Å²) < 4.78 is 22.0. The van der Waals surface area contributed by atoms with Crippen LogP contribution < -0.4 is 10.5 Å². The van der Waals surface area contributed by atoms with Gasteiger partial charge < -0.3 is 5.32 Å². The number of carbonyl (C=O) groups excluding carboxylic acids is 1. The summed E-state index contributed by atoms with van der Waals surface area (Å²) in [6.07, 6.45) is 1.01. The molecule has 0 saturated carbocycles. The number of benzene rings is 2. The maximum Gasteiger partial charge on any atom is 0.220 e. The van der Waals surface area contributed by atoms with Gasteiger partial charge in [-0.05, 0) is 55.2 Å². The molecule has 0 saturated heterocycles. The average Bonchev–Trinajstić information content (AvgIpc) is 2.61. The van der Waals surface area contributed by atoms with Crippen molar-refractivity contribution in [3.05, 3.63) is 69.7 Å². The van der Waals surface area contributed by atoms with E-state index in [4.69, 9.17) is 28.3 Å². The van der Waals surface area contributed by atoms with E-state index >= 15 is 0 Å². The first kappa shape index (κ1) is 22.7. The topological polar surface area (TPSA) is 89.3 Å². The Labute approximate surface area is 176 Å². The summed E-state index contributed by atoms with van der Waals surface area (Å²) in [6, 6.07) is 15.0. The van der Waals surface area contributed by atoms with E-state index in [0.717, 1.165) is 11.1 Å². The maximum absolute atomic E-state index is 12.2. The smallest absolute Gasteiger partial charge is 0.220 e. The fourth-order valence-electron chi connectivity index (χ4n) is 3.03. The van der Waals surface area contributed by atoms with Crippen LogP contribution in [0, 0.1) is 0 Å². The Kier molecular flexibility index (Phi) is 8.31. The number of nitrogens with two attached hydrogens (primary N) is 1. The Morgan fingerprint density at radius 2 is 1.57 bits per heavy atom. The SMILES string of the molecule is C[C@@H](NC(=O)CCCS(N)(=O)=O)[C@H](Cc1ccc(Cl)cc1)c1ccc(Cl)cc1. The summed E-state index contributed by atoms with van der Waals surface area (Å²) in [5.41, 5.74) is 2.15. The van der Waals surface area contributed by atoms with E-state index in [9.17, 15) is 13.2 Å². The molecule has 2 aromatic carbocycles. The van der Waals surface area contributed by atoms with Gasteiger partial charge in [-0.15, -0.1) is 0 Å². The summed E-state index contributed by atoms with van der Waals surface area (Å²) in [5, 5.41) is 9.27. The van der Waals surface area contributed by atoms with E-state index in [1.807, 2.05) is 55.5 Å². The summed E-state index contributed by atoms with van der Waals surface area (Å²) in [7, 11) is -3.56. The van der Waals surface area contributed by atoms with Crippen molar-refractivity contribution in [3.63, 3.8) is 0 Å². The van der Waals surface area contributed by atoms with Crippen LogP contribution in [0.1, 0.15) is 36.8 Å². The Morgan fingerprint density at radius 3 is 2.11 bits per heavy atom. The van der Waals surface area contributed by atoms with E-state index < -0.39 is 10.0 Å². The van der Waals surface area contributed by atoms with Crippen LogP contribution >= 0.6 is 23.2 Å². The minimum Gasteiger partial charge on any atom is -0.353 e. The van der Waals surface area contributed by atoms with Crippen LogP contribution in [-0.2, 0) is 21.2 Å². The molecule has 0 radical (unpaired) electrons. The predicted octanol–water partition coefficient (Wildman–Crippen LogP) is 3.89. The second-order valence-corrected chi connectivity index (χ2v) is 9.42. The zero-order chi connectivity index (χ0) is 20.7. The first-order valence-corrected chi connectivity index (χ1v) is 11.4. The Bertz CT molecular complexity index is 885. The lowest BCUT2D eigenvalue weighted by atomic mass is 9.86. The number of primary sulfonamides is 1. The molecule has 0 aromatic heterocycles. The van der Waals surface area contributed by atoms with Crippen LogP contribution in [0.15, 0.2) is 48.5 Å². The quantitative estimate of drug-likeness (QED) is 0.616. The Morgan fingerprint density at radius 1 is 1.04 bits per heavy atom. The molecule has 0 aliphatic rings. The molecule has 0 fully saturated rings. The van der Waals surface area contributed by atoms with Gasteiger partial charge in [0.25, 0.3) is 0 Å². The molecule has 3 N–H and O–H groups in total. The lowest BCUT2D eigenvalue weighted by molar-refractivity contribution is -0.121. The third kappa shape index (κ3) is 7.80. The van der Waals surface area contributed by atoms with Gasteiger partial charge in [0.05, 0.1) is 5.75 Å². The van der Waals surface area contributed by atoms with Crippen molar-refractivity contribution in [2.24, 2.45) is 5.14 Å². The molecular weight excluding hydrogens is 419 g/mol. The molecule has 0 heterocycles. The number of carbonyl (C=O) groups is 1. The molecule has 5 nitrogen and oxygen atoms in total.